The zero-order valence-electron chi connectivity index (χ0n) is 18.0. The Bertz CT molecular complexity index is 599. The Balaban J connectivity index is 0.00000210. The van der Waals surface area contributed by atoms with Gasteiger partial charge in [0.15, 0.2) is 0 Å². The van der Waals surface area contributed by atoms with E-state index in [0.717, 1.165) is 5.92 Å². The lowest BCUT2D eigenvalue weighted by Gasteiger charge is -2.37. The molecule has 0 aromatic heterocycles. The summed E-state index contributed by atoms with van der Waals surface area (Å²) in [5.41, 5.74) is 2.95. The second-order valence-electron chi connectivity index (χ2n) is 7.86. The van der Waals surface area contributed by atoms with Crippen molar-refractivity contribution in [1.82, 2.24) is 9.80 Å². The highest BCUT2D eigenvalue weighted by molar-refractivity contribution is 5.85. The van der Waals surface area contributed by atoms with Crippen molar-refractivity contribution in [2.24, 2.45) is 5.92 Å². The van der Waals surface area contributed by atoms with E-state index in [0.29, 0.717) is 5.92 Å². The molecule has 4 heteroatoms. The molecule has 1 aliphatic heterocycles. The Kier molecular flexibility index (Phi) is 12.6. The molecule has 0 bridgehead atoms. The Hall–Kier alpha value is -1.06. The summed E-state index contributed by atoms with van der Waals surface area (Å²) < 4.78 is 0. The fourth-order valence-electron chi connectivity index (χ4n) is 4.63. The highest BCUT2D eigenvalue weighted by Crippen LogP contribution is 2.37. The minimum atomic E-state index is 0. The van der Waals surface area contributed by atoms with Gasteiger partial charge in [-0.3, -0.25) is 0 Å². The topological polar surface area (TPSA) is 6.48 Å². The molecule has 3 rings (SSSR count). The number of hydrogen-bond acceptors (Lipinski definition) is 2. The van der Waals surface area contributed by atoms with Crippen LogP contribution in [0.4, 0.5) is 0 Å². The van der Waals surface area contributed by atoms with Crippen molar-refractivity contribution in [1.29, 1.82) is 0 Å². The second-order valence-corrected chi connectivity index (χ2v) is 7.86. The van der Waals surface area contributed by atoms with Crippen LogP contribution >= 0.6 is 24.8 Å². The molecule has 1 fully saturated rings. The van der Waals surface area contributed by atoms with Gasteiger partial charge >= 0.3 is 0 Å². The molecule has 0 saturated carbocycles. The van der Waals surface area contributed by atoms with Gasteiger partial charge < -0.3 is 9.80 Å². The Labute approximate surface area is 190 Å². The van der Waals surface area contributed by atoms with Crippen LogP contribution in [0.3, 0.4) is 0 Å². The highest BCUT2D eigenvalue weighted by Gasteiger charge is 2.28. The van der Waals surface area contributed by atoms with Gasteiger partial charge in [-0.2, -0.15) is 0 Å². The number of halogens is 2. The standard InChI is InChI=1S/C25H36N2.2ClH/c1-3-26(4-2)18-11-19-27-20-16-24(17-21-27)25(22-12-7-5-8-13-22)23-14-9-6-10-15-23;;/h5-10,12-15,24-25H,3-4,11,16-21H2,1-2H3;2*1H. The molecule has 2 nitrogen and oxygen atoms in total. The molecular weight excluding hydrogens is 399 g/mol. The van der Waals surface area contributed by atoms with Crippen molar-refractivity contribution in [3.05, 3.63) is 71.8 Å². The third kappa shape index (κ3) is 7.61. The van der Waals surface area contributed by atoms with Crippen LogP contribution in [0.2, 0.25) is 0 Å². The molecule has 0 spiro atoms. The minimum Gasteiger partial charge on any atom is -0.304 e. The van der Waals surface area contributed by atoms with Gasteiger partial charge in [-0.25, -0.2) is 0 Å². The van der Waals surface area contributed by atoms with E-state index in [1.54, 1.807) is 0 Å². The van der Waals surface area contributed by atoms with E-state index < -0.39 is 0 Å². The lowest BCUT2D eigenvalue weighted by molar-refractivity contribution is 0.165. The smallest absolute Gasteiger partial charge is 0.0119 e. The zero-order chi connectivity index (χ0) is 18.9. The third-order valence-electron chi connectivity index (χ3n) is 6.26. The van der Waals surface area contributed by atoms with Crippen LogP contribution in [-0.2, 0) is 0 Å². The fraction of sp³-hybridized carbons (Fsp3) is 0.520. The van der Waals surface area contributed by atoms with Crippen LogP contribution in [0.25, 0.3) is 0 Å². The van der Waals surface area contributed by atoms with Crippen molar-refractivity contribution >= 4 is 24.8 Å². The number of benzene rings is 2. The molecule has 0 amide bonds. The number of likely N-dealkylation sites (tertiary alicyclic amines) is 1. The van der Waals surface area contributed by atoms with E-state index in [-0.39, 0.29) is 24.8 Å². The number of rotatable bonds is 9. The largest absolute Gasteiger partial charge is 0.304 e. The van der Waals surface area contributed by atoms with Crippen molar-refractivity contribution < 1.29 is 0 Å². The van der Waals surface area contributed by atoms with Crippen molar-refractivity contribution in [2.75, 3.05) is 39.3 Å². The van der Waals surface area contributed by atoms with Crippen LogP contribution in [0, 0.1) is 5.92 Å². The van der Waals surface area contributed by atoms with E-state index in [1.165, 1.54) is 69.7 Å². The molecule has 0 atom stereocenters. The average Bonchev–Trinajstić information content (AvgIpc) is 2.74. The Morgan fingerprint density at radius 1 is 0.828 bits per heavy atom. The Morgan fingerprint density at radius 2 is 1.31 bits per heavy atom. The van der Waals surface area contributed by atoms with E-state index >= 15 is 0 Å². The van der Waals surface area contributed by atoms with E-state index in [2.05, 4.69) is 84.3 Å². The van der Waals surface area contributed by atoms with E-state index in [9.17, 15) is 0 Å². The van der Waals surface area contributed by atoms with Crippen LogP contribution in [0.5, 0.6) is 0 Å². The van der Waals surface area contributed by atoms with E-state index in [1.807, 2.05) is 0 Å². The quantitative estimate of drug-likeness (QED) is 0.467. The maximum atomic E-state index is 2.69. The van der Waals surface area contributed by atoms with Gasteiger partial charge in [0, 0.05) is 5.92 Å². The molecule has 2 aromatic rings. The number of piperidine rings is 1. The normalized spacial score (nSPS) is 15.2. The van der Waals surface area contributed by atoms with Crippen molar-refractivity contribution in [3.8, 4) is 0 Å². The molecule has 1 aliphatic rings. The molecule has 0 N–H and O–H groups in total. The fourth-order valence-corrected chi connectivity index (χ4v) is 4.63. The van der Waals surface area contributed by atoms with Gasteiger partial charge in [0.25, 0.3) is 0 Å². The number of hydrogen-bond donors (Lipinski definition) is 0. The van der Waals surface area contributed by atoms with Gasteiger partial charge in [-0.15, -0.1) is 24.8 Å². The monoisotopic (exact) mass is 436 g/mol. The van der Waals surface area contributed by atoms with Gasteiger partial charge in [-0.1, -0.05) is 74.5 Å². The maximum Gasteiger partial charge on any atom is 0.0119 e. The summed E-state index contributed by atoms with van der Waals surface area (Å²) in [6, 6.07) is 22.3. The first-order valence-corrected chi connectivity index (χ1v) is 10.9. The van der Waals surface area contributed by atoms with Gasteiger partial charge in [0.1, 0.15) is 0 Å². The van der Waals surface area contributed by atoms with Crippen LogP contribution in [0.1, 0.15) is 50.2 Å². The first kappa shape index (κ1) is 26.0. The summed E-state index contributed by atoms with van der Waals surface area (Å²) in [6.07, 6.45) is 3.91. The number of nitrogens with zero attached hydrogens (tertiary/aromatic N) is 2. The minimum absolute atomic E-state index is 0. The summed E-state index contributed by atoms with van der Waals surface area (Å²) in [6.45, 7) is 11.9. The van der Waals surface area contributed by atoms with Gasteiger partial charge in [-0.05, 0) is 75.6 Å². The van der Waals surface area contributed by atoms with Gasteiger partial charge in [0.2, 0.25) is 0 Å². The molecule has 0 radical (unpaired) electrons. The maximum absolute atomic E-state index is 2.69. The SMILES string of the molecule is CCN(CC)CCCN1CCC(C(c2ccccc2)c2ccccc2)CC1.Cl.Cl. The molecule has 29 heavy (non-hydrogen) atoms. The summed E-state index contributed by atoms with van der Waals surface area (Å²) in [5.74, 6) is 1.28. The van der Waals surface area contributed by atoms with Crippen LogP contribution in [0.15, 0.2) is 60.7 Å². The van der Waals surface area contributed by atoms with E-state index in [4.69, 9.17) is 0 Å². The summed E-state index contributed by atoms with van der Waals surface area (Å²) in [4.78, 5) is 5.22. The predicted molar refractivity (Wildman–Crippen MR) is 131 cm³/mol. The summed E-state index contributed by atoms with van der Waals surface area (Å²) >= 11 is 0. The Morgan fingerprint density at radius 3 is 1.76 bits per heavy atom. The second kappa shape index (κ2) is 14.0. The first-order chi connectivity index (χ1) is 13.3. The van der Waals surface area contributed by atoms with Crippen LogP contribution in [-0.4, -0.2) is 49.1 Å². The third-order valence-corrected chi connectivity index (χ3v) is 6.26. The predicted octanol–water partition coefficient (Wildman–Crippen LogP) is 6.11. The molecular formula is C25H38Cl2N2. The summed E-state index contributed by atoms with van der Waals surface area (Å²) in [7, 11) is 0. The molecule has 1 saturated heterocycles. The highest BCUT2D eigenvalue weighted by atomic mass is 35.5. The molecule has 0 unspecified atom stereocenters. The van der Waals surface area contributed by atoms with Crippen molar-refractivity contribution in [2.45, 2.75) is 39.0 Å². The first-order valence-electron chi connectivity index (χ1n) is 10.9. The summed E-state index contributed by atoms with van der Waals surface area (Å²) in [5, 5.41) is 0. The lowest BCUT2D eigenvalue weighted by Crippen LogP contribution is -2.37. The van der Waals surface area contributed by atoms with Gasteiger partial charge in [0.05, 0.1) is 0 Å². The zero-order valence-corrected chi connectivity index (χ0v) is 19.6. The van der Waals surface area contributed by atoms with Crippen molar-refractivity contribution in [3.63, 3.8) is 0 Å². The molecule has 1 heterocycles. The van der Waals surface area contributed by atoms with Crippen LogP contribution < -0.4 is 0 Å². The molecule has 2 aromatic carbocycles. The average molecular weight is 437 g/mol. The lowest BCUT2D eigenvalue weighted by atomic mass is 9.76. The molecule has 0 aliphatic carbocycles. The molecule has 162 valence electrons.